The number of rotatable bonds is 1. The van der Waals surface area contributed by atoms with Gasteiger partial charge in [-0.25, -0.2) is 0 Å². The molecule has 0 aromatic heterocycles. The summed E-state index contributed by atoms with van der Waals surface area (Å²) in [4.78, 5) is 0. The molecule has 0 saturated heterocycles. The number of alkyl halides is 3. The summed E-state index contributed by atoms with van der Waals surface area (Å²) in [5.41, 5.74) is 7.85. The fourth-order valence-corrected chi connectivity index (χ4v) is 1.07. The Morgan fingerprint density at radius 2 is 1.71 bits per heavy atom. The van der Waals surface area contributed by atoms with Crippen molar-refractivity contribution in [3.05, 3.63) is 35.4 Å². The molecule has 5 heteroatoms. The summed E-state index contributed by atoms with van der Waals surface area (Å²) >= 11 is 0. The fourth-order valence-electron chi connectivity index (χ4n) is 1.07. The standard InChI is InChI=1S/C9H11F3N2/c1-6-3-2-4-7(5-6)8(13,14)9(10,11)12/h2-5H,13-14H2,1H3. The minimum absolute atomic E-state index is 0.134. The summed E-state index contributed by atoms with van der Waals surface area (Å²) in [6.45, 7) is 1.68. The molecular weight excluding hydrogens is 193 g/mol. The highest BCUT2D eigenvalue weighted by Gasteiger charge is 2.50. The van der Waals surface area contributed by atoms with Gasteiger partial charge in [0.1, 0.15) is 0 Å². The Morgan fingerprint density at radius 1 is 1.14 bits per heavy atom. The fraction of sp³-hybridized carbons (Fsp3) is 0.333. The van der Waals surface area contributed by atoms with Crippen LogP contribution in [0.3, 0.4) is 0 Å². The van der Waals surface area contributed by atoms with Crippen molar-refractivity contribution >= 4 is 0 Å². The van der Waals surface area contributed by atoms with Crippen LogP contribution in [0.4, 0.5) is 13.2 Å². The van der Waals surface area contributed by atoms with E-state index in [9.17, 15) is 13.2 Å². The van der Waals surface area contributed by atoms with Crippen LogP contribution in [0.25, 0.3) is 0 Å². The third kappa shape index (κ3) is 1.88. The maximum absolute atomic E-state index is 12.4. The van der Waals surface area contributed by atoms with Crippen LogP contribution in [0.1, 0.15) is 11.1 Å². The molecule has 0 fully saturated rings. The van der Waals surface area contributed by atoms with Crippen LogP contribution in [-0.4, -0.2) is 6.18 Å². The van der Waals surface area contributed by atoms with Gasteiger partial charge in [0.05, 0.1) is 0 Å². The van der Waals surface area contributed by atoms with Crippen molar-refractivity contribution in [2.24, 2.45) is 11.5 Å². The van der Waals surface area contributed by atoms with E-state index in [0.29, 0.717) is 5.56 Å². The van der Waals surface area contributed by atoms with Gasteiger partial charge in [-0.2, -0.15) is 13.2 Å². The molecule has 0 spiro atoms. The molecule has 1 rings (SSSR count). The van der Waals surface area contributed by atoms with E-state index < -0.39 is 11.8 Å². The van der Waals surface area contributed by atoms with E-state index in [0.717, 1.165) is 0 Å². The van der Waals surface area contributed by atoms with E-state index in [1.165, 1.54) is 18.2 Å². The van der Waals surface area contributed by atoms with E-state index in [4.69, 9.17) is 11.5 Å². The lowest BCUT2D eigenvalue weighted by atomic mass is 9.99. The smallest absolute Gasteiger partial charge is 0.302 e. The molecule has 0 bridgehead atoms. The number of hydrogen-bond acceptors (Lipinski definition) is 2. The van der Waals surface area contributed by atoms with Crippen LogP contribution in [0.15, 0.2) is 24.3 Å². The molecule has 78 valence electrons. The zero-order valence-corrected chi connectivity index (χ0v) is 7.60. The number of nitrogens with two attached hydrogens (primary N) is 2. The Labute approximate surface area is 79.7 Å². The van der Waals surface area contributed by atoms with Gasteiger partial charge in [0.15, 0.2) is 5.66 Å². The Balaban J connectivity index is 3.16. The van der Waals surface area contributed by atoms with Crippen molar-refractivity contribution in [1.29, 1.82) is 0 Å². The number of halogens is 3. The van der Waals surface area contributed by atoms with Gasteiger partial charge in [-0.1, -0.05) is 29.8 Å². The van der Waals surface area contributed by atoms with Gasteiger partial charge in [0.2, 0.25) is 0 Å². The first-order chi connectivity index (χ1) is 6.25. The first-order valence-corrected chi connectivity index (χ1v) is 3.97. The summed E-state index contributed by atoms with van der Waals surface area (Å²) in [7, 11) is 0. The molecular formula is C9H11F3N2. The molecule has 0 saturated carbocycles. The molecule has 0 aliphatic rings. The average Bonchev–Trinajstić information content (AvgIpc) is 2.02. The zero-order valence-electron chi connectivity index (χ0n) is 7.60. The lowest BCUT2D eigenvalue weighted by molar-refractivity contribution is -0.188. The monoisotopic (exact) mass is 204 g/mol. The predicted molar refractivity (Wildman–Crippen MR) is 47.3 cm³/mol. The SMILES string of the molecule is Cc1cccc(C(N)(N)C(F)(F)F)c1. The molecule has 0 atom stereocenters. The Kier molecular flexibility index (Phi) is 2.56. The van der Waals surface area contributed by atoms with E-state index >= 15 is 0 Å². The Hall–Kier alpha value is -1.07. The largest absolute Gasteiger partial charge is 0.423 e. The number of aryl methyl sites for hydroxylation is 1. The second-order valence-electron chi connectivity index (χ2n) is 3.24. The van der Waals surface area contributed by atoms with E-state index in [1.807, 2.05) is 0 Å². The maximum atomic E-state index is 12.4. The zero-order chi connectivity index (χ0) is 11.0. The quantitative estimate of drug-likeness (QED) is 0.683. The second kappa shape index (κ2) is 3.25. The second-order valence-corrected chi connectivity index (χ2v) is 3.24. The molecule has 0 amide bonds. The maximum Gasteiger partial charge on any atom is 0.423 e. The van der Waals surface area contributed by atoms with Gasteiger partial charge in [-0.05, 0) is 12.5 Å². The summed E-state index contributed by atoms with van der Waals surface area (Å²) in [5, 5.41) is 0. The van der Waals surface area contributed by atoms with Gasteiger partial charge in [-0.3, -0.25) is 0 Å². The highest BCUT2D eigenvalue weighted by atomic mass is 19.4. The average molecular weight is 204 g/mol. The molecule has 0 unspecified atom stereocenters. The molecule has 1 aromatic rings. The van der Waals surface area contributed by atoms with Crippen LogP contribution in [-0.2, 0) is 5.66 Å². The highest BCUT2D eigenvalue weighted by molar-refractivity contribution is 5.29. The third-order valence-electron chi connectivity index (χ3n) is 1.96. The van der Waals surface area contributed by atoms with Crippen LogP contribution in [0, 0.1) is 6.92 Å². The first kappa shape index (κ1) is 11.0. The molecule has 0 aliphatic heterocycles. The third-order valence-corrected chi connectivity index (χ3v) is 1.96. The molecule has 0 heterocycles. The van der Waals surface area contributed by atoms with Crippen molar-refractivity contribution in [1.82, 2.24) is 0 Å². The normalized spacial score (nSPS) is 13.0. The van der Waals surface area contributed by atoms with Gasteiger partial charge < -0.3 is 11.5 Å². The van der Waals surface area contributed by atoms with E-state index in [1.54, 1.807) is 13.0 Å². The van der Waals surface area contributed by atoms with Gasteiger partial charge in [-0.15, -0.1) is 0 Å². The first-order valence-electron chi connectivity index (χ1n) is 3.97. The van der Waals surface area contributed by atoms with E-state index in [-0.39, 0.29) is 5.56 Å². The van der Waals surface area contributed by atoms with Crippen LogP contribution >= 0.6 is 0 Å². The van der Waals surface area contributed by atoms with Crippen molar-refractivity contribution in [3.8, 4) is 0 Å². The lowest BCUT2D eigenvalue weighted by Gasteiger charge is -2.27. The van der Waals surface area contributed by atoms with E-state index in [2.05, 4.69) is 0 Å². The van der Waals surface area contributed by atoms with Crippen LogP contribution < -0.4 is 11.5 Å². The molecule has 0 aliphatic carbocycles. The van der Waals surface area contributed by atoms with Crippen molar-refractivity contribution in [2.45, 2.75) is 18.8 Å². The minimum Gasteiger partial charge on any atom is -0.302 e. The minimum atomic E-state index is -4.65. The topological polar surface area (TPSA) is 52.0 Å². The molecule has 0 radical (unpaired) electrons. The van der Waals surface area contributed by atoms with Gasteiger partial charge in [0, 0.05) is 0 Å². The van der Waals surface area contributed by atoms with Crippen LogP contribution in [0.5, 0.6) is 0 Å². The summed E-state index contributed by atoms with van der Waals surface area (Å²) in [6, 6.07) is 5.76. The van der Waals surface area contributed by atoms with Crippen molar-refractivity contribution < 1.29 is 13.2 Å². The van der Waals surface area contributed by atoms with Gasteiger partial charge in [0.25, 0.3) is 0 Å². The summed E-state index contributed by atoms with van der Waals surface area (Å²) < 4.78 is 37.2. The molecule has 14 heavy (non-hydrogen) atoms. The lowest BCUT2D eigenvalue weighted by Crippen LogP contribution is -2.57. The molecule has 4 N–H and O–H groups in total. The molecule has 2 nitrogen and oxygen atoms in total. The van der Waals surface area contributed by atoms with Crippen LogP contribution in [0.2, 0.25) is 0 Å². The van der Waals surface area contributed by atoms with Crippen molar-refractivity contribution in [3.63, 3.8) is 0 Å². The Bertz CT molecular complexity index is 331. The highest BCUT2D eigenvalue weighted by Crippen LogP contribution is 2.32. The van der Waals surface area contributed by atoms with Gasteiger partial charge >= 0.3 is 6.18 Å². The number of hydrogen-bond donors (Lipinski definition) is 2. The number of benzene rings is 1. The molecule has 1 aromatic carbocycles. The summed E-state index contributed by atoms with van der Waals surface area (Å²) in [6.07, 6.45) is -4.65. The Morgan fingerprint density at radius 3 is 2.14 bits per heavy atom. The van der Waals surface area contributed by atoms with Crippen molar-refractivity contribution in [2.75, 3.05) is 0 Å². The summed E-state index contributed by atoms with van der Waals surface area (Å²) in [5.74, 6) is 0. The predicted octanol–water partition coefficient (Wildman–Crippen LogP) is 1.63.